The molecule has 0 unspecified atom stereocenters. The minimum atomic E-state index is -0.239. The molecule has 1 aromatic carbocycles. The van der Waals surface area contributed by atoms with Gasteiger partial charge in [0.05, 0.1) is 17.4 Å². The van der Waals surface area contributed by atoms with E-state index in [0.29, 0.717) is 34.9 Å². The van der Waals surface area contributed by atoms with Gasteiger partial charge in [-0.15, -0.1) is 0 Å². The number of aromatic nitrogens is 5. The number of aromatic amines is 2. The van der Waals surface area contributed by atoms with Crippen LogP contribution in [0.1, 0.15) is 5.82 Å². The lowest BCUT2D eigenvalue weighted by Crippen LogP contribution is -2.13. The van der Waals surface area contributed by atoms with Gasteiger partial charge in [0.2, 0.25) is 5.95 Å². The first-order valence-corrected chi connectivity index (χ1v) is 5.60. The Morgan fingerprint density at radius 2 is 2.26 bits per heavy atom. The molecule has 0 spiro atoms. The van der Waals surface area contributed by atoms with Crippen molar-refractivity contribution in [2.24, 2.45) is 0 Å². The zero-order valence-electron chi connectivity index (χ0n) is 9.84. The summed E-state index contributed by atoms with van der Waals surface area (Å²) in [6.07, 6.45) is 1.41. The number of benzene rings is 1. The van der Waals surface area contributed by atoms with Crippen molar-refractivity contribution in [1.29, 1.82) is 0 Å². The largest absolute Gasteiger partial charge is 0.399 e. The number of nitrogen functional groups attached to an aromatic ring is 1. The summed E-state index contributed by atoms with van der Waals surface area (Å²) < 4.78 is 0. The fourth-order valence-corrected chi connectivity index (χ4v) is 1.72. The van der Waals surface area contributed by atoms with Crippen molar-refractivity contribution in [2.75, 3.05) is 11.1 Å². The van der Waals surface area contributed by atoms with Gasteiger partial charge in [-0.1, -0.05) is 0 Å². The monoisotopic (exact) mass is 257 g/mol. The molecule has 96 valence electrons. The van der Waals surface area contributed by atoms with Gasteiger partial charge >= 0.3 is 0 Å². The van der Waals surface area contributed by atoms with Gasteiger partial charge in [-0.05, 0) is 18.2 Å². The summed E-state index contributed by atoms with van der Waals surface area (Å²) in [5.41, 5.74) is 6.51. The maximum absolute atomic E-state index is 11.9. The Hall–Kier alpha value is -2.90. The zero-order chi connectivity index (χ0) is 13.2. The van der Waals surface area contributed by atoms with Crippen molar-refractivity contribution in [3.8, 4) is 0 Å². The molecule has 8 nitrogen and oxygen atoms in total. The molecular weight excluding hydrogens is 246 g/mol. The van der Waals surface area contributed by atoms with Crippen LogP contribution >= 0.6 is 0 Å². The Morgan fingerprint density at radius 3 is 3.05 bits per heavy atom. The van der Waals surface area contributed by atoms with E-state index in [-0.39, 0.29) is 5.56 Å². The van der Waals surface area contributed by atoms with Crippen molar-refractivity contribution in [1.82, 2.24) is 25.1 Å². The average molecular weight is 257 g/mol. The number of nitrogens with one attached hydrogen (secondary N) is 3. The van der Waals surface area contributed by atoms with E-state index in [1.165, 1.54) is 6.33 Å². The van der Waals surface area contributed by atoms with Gasteiger partial charge in [0.1, 0.15) is 12.2 Å². The predicted molar refractivity (Wildman–Crippen MR) is 70.5 cm³/mol. The molecule has 0 aliphatic rings. The molecule has 2 aromatic heterocycles. The Morgan fingerprint density at radius 1 is 1.37 bits per heavy atom. The van der Waals surface area contributed by atoms with E-state index in [1.807, 2.05) is 0 Å². The van der Waals surface area contributed by atoms with Crippen molar-refractivity contribution in [3.05, 3.63) is 40.7 Å². The third kappa shape index (κ3) is 2.23. The van der Waals surface area contributed by atoms with Crippen LogP contribution in [0.15, 0.2) is 29.3 Å². The van der Waals surface area contributed by atoms with E-state index in [2.05, 4.69) is 30.5 Å². The summed E-state index contributed by atoms with van der Waals surface area (Å²) in [7, 11) is 0. The second kappa shape index (κ2) is 4.41. The molecule has 8 heteroatoms. The van der Waals surface area contributed by atoms with Crippen LogP contribution in [0.4, 0.5) is 11.6 Å². The first-order chi connectivity index (χ1) is 9.22. The minimum Gasteiger partial charge on any atom is -0.399 e. The van der Waals surface area contributed by atoms with Crippen molar-refractivity contribution < 1.29 is 0 Å². The molecule has 0 aliphatic heterocycles. The van der Waals surface area contributed by atoms with Gasteiger partial charge in [0, 0.05) is 5.69 Å². The highest BCUT2D eigenvalue weighted by atomic mass is 16.1. The molecule has 0 radical (unpaired) electrons. The van der Waals surface area contributed by atoms with Crippen molar-refractivity contribution in [3.63, 3.8) is 0 Å². The summed E-state index contributed by atoms with van der Waals surface area (Å²) in [5, 5.41) is 9.86. The molecule has 0 bridgehead atoms. The third-order valence-electron chi connectivity index (χ3n) is 2.62. The van der Waals surface area contributed by atoms with E-state index in [0.717, 1.165) is 0 Å². The number of rotatable bonds is 3. The lowest BCUT2D eigenvalue weighted by Gasteiger charge is -2.05. The Balaban J connectivity index is 1.93. The fourth-order valence-electron chi connectivity index (χ4n) is 1.72. The molecule has 0 saturated heterocycles. The maximum atomic E-state index is 11.9. The highest BCUT2D eigenvalue weighted by molar-refractivity contribution is 5.81. The molecular formula is C11H11N7O. The summed E-state index contributed by atoms with van der Waals surface area (Å²) in [4.78, 5) is 22.8. The van der Waals surface area contributed by atoms with E-state index in [4.69, 9.17) is 5.73 Å². The highest BCUT2D eigenvalue weighted by Gasteiger charge is 2.04. The van der Waals surface area contributed by atoms with Gasteiger partial charge < -0.3 is 11.1 Å². The predicted octanol–water partition coefficient (Wildman–Crippen LogP) is 0.235. The van der Waals surface area contributed by atoms with Crippen LogP contribution in [-0.2, 0) is 6.54 Å². The molecule has 5 N–H and O–H groups in total. The summed E-state index contributed by atoms with van der Waals surface area (Å²) in [5.74, 6) is 1.03. The third-order valence-corrected chi connectivity index (χ3v) is 2.62. The van der Waals surface area contributed by atoms with Gasteiger partial charge in [0.15, 0.2) is 0 Å². The normalized spacial score (nSPS) is 10.7. The number of fused-ring (bicyclic) bond motifs is 1. The van der Waals surface area contributed by atoms with Crippen molar-refractivity contribution in [2.45, 2.75) is 6.54 Å². The Labute approximate surface area is 107 Å². The number of hydrogen-bond donors (Lipinski definition) is 4. The molecule has 0 fully saturated rings. The SMILES string of the molecule is Nc1ccc2nc(NCc3ncn[nH]3)[nH]c(=O)c2c1. The molecule has 0 amide bonds. The minimum absolute atomic E-state index is 0.239. The number of H-pyrrole nitrogens is 2. The van der Waals surface area contributed by atoms with Crippen molar-refractivity contribution >= 4 is 22.5 Å². The summed E-state index contributed by atoms with van der Waals surface area (Å²) >= 11 is 0. The van der Waals surface area contributed by atoms with E-state index in [9.17, 15) is 4.79 Å². The zero-order valence-corrected chi connectivity index (χ0v) is 9.84. The van der Waals surface area contributed by atoms with Gasteiger partial charge in [-0.3, -0.25) is 14.9 Å². The number of anilines is 2. The first-order valence-electron chi connectivity index (χ1n) is 5.60. The van der Waals surface area contributed by atoms with Crippen LogP contribution in [0.25, 0.3) is 10.9 Å². The fraction of sp³-hybridized carbons (Fsp3) is 0.0909. The molecule has 0 saturated carbocycles. The Kier molecular flexibility index (Phi) is 2.60. The standard InChI is InChI=1S/C11H11N7O/c12-6-1-2-8-7(3-6)10(19)17-11(16-8)13-4-9-14-5-15-18-9/h1-3,5H,4,12H2,(H,14,15,18)(H2,13,16,17,19). The second-order valence-electron chi connectivity index (χ2n) is 3.98. The molecule has 2 heterocycles. The molecule has 0 aliphatic carbocycles. The number of nitrogens with zero attached hydrogens (tertiary/aromatic N) is 3. The number of hydrogen-bond acceptors (Lipinski definition) is 6. The van der Waals surface area contributed by atoms with E-state index >= 15 is 0 Å². The molecule has 3 rings (SSSR count). The first kappa shape index (κ1) is 11.2. The summed E-state index contributed by atoms with van der Waals surface area (Å²) in [6, 6.07) is 5.01. The molecule has 19 heavy (non-hydrogen) atoms. The van der Waals surface area contributed by atoms with Gasteiger partial charge in [0.25, 0.3) is 5.56 Å². The summed E-state index contributed by atoms with van der Waals surface area (Å²) in [6.45, 7) is 0.392. The Bertz CT molecular complexity index is 762. The smallest absolute Gasteiger partial charge is 0.260 e. The number of nitrogens with two attached hydrogens (primary N) is 1. The van der Waals surface area contributed by atoms with Crippen LogP contribution in [0.3, 0.4) is 0 Å². The van der Waals surface area contributed by atoms with E-state index < -0.39 is 0 Å². The lowest BCUT2D eigenvalue weighted by atomic mass is 10.2. The van der Waals surface area contributed by atoms with Crippen LogP contribution in [0.5, 0.6) is 0 Å². The topological polar surface area (TPSA) is 125 Å². The molecule has 0 atom stereocenters. The average Bonchev–Trinajstić information content (AvgIpc) is 2.90. The van der Waals surface area contributed by atoms with Crippen LogP contribution < -0.4 is 16.6 Å². The highest BCUT2D eigenvalue weighted by Crippen LogP contribution is 2.12. The van der Waals surface area contributed by atoms with Crippen LogP contribution in [-0.4, -0.2) is 25.1 Å². The maximum Gasteiger partial charge on any atom is 0.260 e. The molecule has 3 aromatic rings. The van der Waals surface area contributed by atoms with Crippen LogP contribution in [0.2, 0.25) is 0 Å². The second-order valence-corrected chi connectivity index (χ2v) is 3.98. The van der Waals surface area contributed by atoms with Gasteiger partial charge in [-0.25, -0.2) is 9.97 Å². The van der Waals surface area contributed by atoms with E-state index in [1.54, 1.807) is 18.2 Å². The lowest BCUT2D eigenvalue weighted by molar-refractivity contribution is 0.936. The quantitative estimate of drug-likeness (QED) is 0.498. The van der Waals surface area contributed by atoms with Crippen LogP contribution in [0, 0.1) is 0 Å². The van der Waals surface area contributed by atoms with Gasteiger partial charge in [-0.2, -0.15) is 5.10 Å².